The molecule has 0 aliphatic rings. The molecule has 0 saturated heterocycles. The number of likely N-dealkylation sites (N-methyl/N-ethyl adjacent to an activating group) is 1. The third kappa shape index (κ3) is 5.03. The van der Waals surface area contributed by atoms with E-state index in [-0.39, 0.29) is 18.4 Å². The van der Waals surface area contributed by atoms with E-state index in [1.165, 1.54) is 11.3 Å². The van der Waals surface area contributed by atoms with Crippen LogP contribution in [0.1, 0.15) is 34.8 Å². The largest absolute Gasteiger partial charge is 0.395 e. The summed E-state index contributed by atoms with van der Waals surface area (Å²) >= 11 is 1.26. The van der Waals surface area contributed by atoms with Crippen molar-refractivity contribution in [2.24, 2.45) is 0 Å². The molecule has 6 heteroatoms. The van der Waals surface area contributed by atoms with Crippen LogP contribution in [-0.2, 0) is 4.79 Å². The zero-order valence-corrected chi connectivity index (χ0v) is 12.3. The van der Waals surface area contributed by atoms with Gasteiger partial charge in [-0.05, 0) is 26.0 Å². The Balaban J connectivity index is 2.60. The van der Waals surface area contributed by atoms with E-state index in [2.05, 4.69) is 22.5 Å². The summed E-state index contributed by atoms with van der Waals surface area (Å²) in [6, 6.07) is 2.85. The Labute approximate surface area is 122 Å². The van der Waals surface area contributed by atoms with Gasteiger partial charge in [0, 0.05) is 13.0 Å². The standard InChI is InChI=1S/C14H18N2O3S/c1-3-15-13(18)10(2)16-14(19)12-8-7-11(20-12)6-4-5-9-17/h7-8,10,17H,3,5,9H2,1-2H3,(H,15,18)(H,16,19). The number of thiophene rings is 1. The van der Waals surface area contributed by atoms with Crippen molar-refractivity contribution >= 4 is 23.2 Å². The molecule has 0 bridgehead atoms. The van der Waals surface area contributed by atoms with Gasteiger partial charge in [-0.2, -0.15) is 0 Å². The van der Waals surface area contributed by atoms with Crippen molar-refractivity contribution in [2.75, 3.05) is 13.2 Å². The summed E-state index contributed by atoms with van der Waals surface area (Å²) in [6.45, 7) is 4.01. The molecule has 108 valence electrons. The number of nitrogens with one attached hydrogen (secondary N) is 2. The normalized spacial score (nSPS) is 11.2. The van der Waals surface area contributed by atoms with Gasteiger partial charge in [-0.3, -0.25) is 9.59 Å². The molecule has 1 unspecified atom stereocenters. The Bertz CT molecular complexity index is 528. The maximum Gasteiger partial charge on any atom is 0.262 e. The van der Waals surface area contributed by atoms with E-state index >= 15 is 0 Å². The molecular formula is C14H18N2O3S. The SMILES string of the molecule is CCNC(=O)C(C)NC(=O)c1ccc(C#CCCO)s1. The molecule has 1 heterocycles. The molecule has 0 aliphatic carbocycles. The summed E-state index contributed by atoms with van der Waals surface area (Å²) in [5, 5.41) is 13.9. The Morgan fingerprint density at radius 3 is 2.85 bits per heavy atom. The lowest BCUT2D eigenvalue weighted by Crippen LogP contribution is -2.44. The lowest BCUT2D eigenvalue weighted by Gasteiger charge is -2.12. The predicted octanol–water partition coefficient (Wildman–Crippen LogP) is 0.736. The second kappa shape index (κ2) is 8.35. The Kier molecular flexibility index (Phi) is 6.77. The van der Waals surface area contributed by atoms with Gasteiger partial charge in [0.05, 0.1) is 16.4 Å². The molecule has 1 atom stereocenters. The number of carbonyl (C=O) groups excluding carboxylic acids is 2. The summed E-state index contributed by atoms with van der Waals surface area (Å²) < 4.78 is 0. The highest BCUT2D eigenvalue weighted by Gasteiger charge is 2.16. The zero-order chi connectivity index (χ0) is 15.0. The summed E-state index contributed by atoms with van der Waals surface area (Å²) in [4.78, 5) is 24.7. The summed E-state index contributed by atoms with van der Waals surface area (Å²) in [5.41, 5.74) is 0. The zero-order valence-electron chi connectivity index (χ0n) is 11.5. The monoisotopic (exact) mass is 294 g/mol. The first-order valence-corrected chi connectivity index (χ1v) is 7.18. The van der Waals surface area contributed by atoms with Crippen molar-refractivity contribution in [1.82, 2.24) is 10.6 Å². The fourth-order valence-electron chi connectivity index (χ4n) is 1.39. The first-order valence-electron chi connectivity index (χ1n) is 6.36. The molecule has 0 saturated carbocycles. The van der Waals surface area contributed by atoms with E-state index in [0.29, 0.717) is 17.8 Å². The van der Waals surface area contributed by atoms with E-state index in [9.17, 15) is 9.59 Å². The molecule has 0 radical (unpaired) electrons. The van der Waals surface area contributed by atoms with Crippen LogP contribution in [0.5, 0.6) is 0 Å². The highest BCUT2D eigenvalue weighted by atomic mass is 32.1. The molecule has 0 aliphatic heterocycles. The molecule has 0 fully saturated rings. The maximum absolute atomic E-state index is 11.9. The Morgan fingerprint density at radius 2 is 2.20 bits per heavy atom. The van der Waals surface area contributed by atoms with E-state index in [0.717, 1.165) is 4.88 Å². The maximum atomic E-state index is 11.9. The minimum absolute atomic E-state index is 0.0236. The van der Waals surface area contributed by atoms with Crippen LogP contribution in [0.3, 0.4) is 0 Å². The predicted molar refractivity (Wildman–Crippen MR) is 78.5 cm³/mol. The van der Waals surface area contributed by atoms with Crippen LogP contribution in [0, 0.1) is 11.8 Å². The fraction of sp³-hybridized carbons (Fsp3) is 0.429. The van der Waals surface area contributed by atoms with Gasteiger partial charge in [0.2, 0.25) is 5.91 Å². The molecular weight excluding hydrogens is 276 g/mol. The van der Waals surface area contributed by atoms with Gasteiger partial charge in [0.25, 0.3) is 5.91 Å². The molecule has 20 heavy (non-hydrogen) atoms. The van der Waals surface area contributed by atoms with Crippen molar-refractivity contribution in [3.8, 4) is 11.8 Å². The minimum atomic E-state index is -0.575. The average Bonchev–Trinajstić information content (AvgIpc) is 2.88. The number of hydrogen-bond acceptors (Lipinski definition) is 4. The van der Waals surface area contributed by atoms with Crippen molar-refractivity contribution in [3.63, 3.8) is 0 Å². The number of amides is 2. The van der Waals surface area contributed by atoms with Gasteiger partial charge in [0.1, 0.15) is 6.04 Å². The van der Waals surface area contributed by atoms with Crippen LogP contribution in [0.25, 0.3) is 0 Å². The van der Waals surface area contributed by atoms with Crippen LogP contribution in [-0.4, -0.2) is 36.1 Å². The Hall–Kier alpha value is -1.84. The molecule has 1 rings (SSSR count). The third-order valence-corrected chi connectivity index (χ3v) is 3.37. The first-order chi connectivity index (χ1) is 9.58. The molecule has 0 spiro atoms. The molecule has 5 nitrogen and oxygen atoms in total. The molecule has 2 amide bonds. The Morgan fingerprint density at radius 1 is 1.45 bits per heavy atom. The van der Waals surface area contributed by atoms with Gasteiger partial charge >= 0.3 is 0 Å². The lowest BCUT2D eigenvalue weighted by molar-refractivity contribution is -0.122. The molecule has 0 aromatic carbocycles. The van der Waals surface area contributed by atoms with E-state index in [4.69, 9.17) is 5.11 Å². The smallest absolute Gasteiger partial charge is 0.262 e. The molecule has 1 aromatic rings. The third-order valence-electron chi connectivity index (χ3n) is 2.37. The fourth-order valence-corrected chi connectivity index (χ4v) is 2.18. The van der Waals surface area contributed by atoms with Crippen LogP contribution in [0.15, 0.2) is 12.1 Å². The van der Waals surface area contributed by atoms with Gasteiger partial charge in [-0.15, -0.1) is 11.3 Å². The number of aliphatic hydroxyl groups excluding tert-OH is 1. The van der Waals surface area contributed by atoms with E-state index < -0.39 is 6.04 Å². The van der Waals surface area contributed by atoms with Crippen LogP contribution >= 0.6 is 11.3 Å². The van der Waals surface area contributed by atoms with Crippen molar-refractivity contribution in [1.29, 1.82) is 0 Å². The first kappa shape index (κ1) is 16.2. The van der Waals surface area contributed by atoms with Gasteiger partial charge < -0.3 is 15.7 Å². The molecule has 1 aromatic heterocycles. The van der Waals surface area contributed by atoms with Crippen molar-refractivity contribution in [3.05, 3.63) is 21.9 Å². The van der Waals surface area contributed by atoms with Crippen LogP contribution in [0.4, 0.5) is 0 Å². The second-order valence-corrected chi connectivity index (χ2v) is 5.11. The topological polar surface area (TPSA) is 78.4 Å². The molecule has 3 N–H and O–H groups in total. The van der Waals surface area contributed by atoms with Gasteiger partial charge in [-0.25, -0.2) is 0 Å². The lowest BCUT2D eigenvalue weighted by atomic mass is 10.3. The number of hydrogen-bond donors (Lipinski definition) is 3. The quantitative estimate of drug-likeness (QED) is 0.701. The van der Waals surface area contributed by atoms with Gasteiger partial charge in [0.15, 0.2) is 0 Å². The van der Waals surface area contributed by atoms with Crippen LogP contribution in [0.2, 0.25) is 0 Å². The highest BCUT2D eigenvalue weighted by molar-refractivity contribution is 7.14. The second-order valence-electron chi connectivity index (χ2n) is 4.03. The number of carbonyl (C=O) groups is 2. The number of aliphatic hydroxyl groups is 1. The number of rotatable bonds is 5. The van der Waals surface area contributed by atoms with E-state index in [1.807, 2.05) is 6.92 Å². The van der Waals surface area contributed by atoms with E-state index in [1.54, 1.807) is 19.1 Å². The summed E-state index contributed by atoms with van der Waals surface area (Å²) in [7, 11) is 0. The van der Waals surface area contributed by atoms with Crippen LogP contribution < -0.4 is 10.6 Å². The summed E-state index contributed by atoms with van der Waals surface area (Å²) in [6.07, 6.45) is 0.410. The summed E-state index contributed by atoms with van der Waals surface area (Å²) in [5.74, 6) is 5.16. The van der Waals surface area contributed by atoms with Gasteiger partial charge in [-0.1, -0.05) is 11.8 Å². The highest BCUT2D eigenvalue weighted by Crippen LogP contribution is 2.15. The van der Waals surface area contributed by atoms with Crippen molar-refractivity contribution in [2.45, 2.75) is 26.3 Å². The average molecular weight is 294 g/mol. The van der Waals surface area contributed by atoms with Crippen molar-refractivity contribution < 1.29 is 14.7 Å². The minimum Gasteiger partial charge on any atom is -0.395 e.